The molecule has 0 aliphatic heterocycles. The highest BCUT2D eigenvalue weighted by molar-refractivity contribution is 4.76. The van der Waals surface area contributed by atoms with E-state index in [-0.39, 0.29) is 0 Å². The Hall–Kier alpha value is -0.260. The Morgan fingerprint density at radius 1 is 1.12 bits per heavy atom. The second-order valence-electron chi connectivity index (χ2n) is 6.87. The predicted octanol–water partition coefficient (Wildman–Crippen LogP) is 6.08. The third kappa shape index (κ3) is 6.91. The third-order valence-corrected chi connectivity index (χ3v) is 4.56. The first kappa shape index (κ1) is 16.7. The molecule has 0 fully saturated rings. The molecule has 0 bridgehead atoms. The Bertz CT molecular complexity index is 197. The van der Waals surface area contributed by atoms with Crippen LogP contribution >= 0.6 is 0 Å². The van der Waals surface area contributed by atoms with E-state index in [0.29, 0.717) is 5.41 Å². The van der Waals surface area contributed by atoms with E-state index >= 15 is 0 Å². The molecule has 0 aliphatic rings. The van der Waals surface area contributed by atoms with E-state index in [0.717, 1.165) is 17.8 Å². The highest BCUT2D eigenvalue weighted by Gasteiger charge is 2.20. The highest BCUT2D eigenvalue weighted by Crippen LogP contribution is 2.31. The first-order valence-corrected chi connectivity index (χ1v) is 7.43. The fourth-order valence-electron chi connectivity index (χ4n) is 2.47. The van der Waals surface area contributed by atoms with E-state index in [1.165, 1.54) is 32.1 Å². The summed E-state index contributed by atoms with van der Waals surface area (Å²) in [6.45, 7) is 18.0. The van der Waals surface area contributed by atoms with Gasteiger partial charge < -0.3 is 0 Å². The number of rotatable bonds is 8. The summed E-state index contributed by atoms with van der Waals surface area (Å²) in [5.74, 6) is 2.53. The zero-order valence-corrected chi connectivity index (χ0v) is 13.1. The molecular weight excluding hydrogens is 204 g/mol. The van der Waals surface area contributed by atoms with E-state index in [4.69, 9.17) is 0 Å². The van der Waals surface area contributed by atoms with Crippen molar-refractivity contribution in [1.29, 1.82) is 0 Å². The van der Waals surface area contributed by atoms with Crippen molar-refractivity contribution >= 4 is 0 Å². The topological polar surface area (TPSA) is 0 Å². The molecule has 0 saturated heterocycles. The Morgan fingerprint density at radius 2 is 1.71 bits per heavy atom. The lowest BCUT2D eigenvalue weighted by atomic mass is 9.77. The first-order valence-electron chi connectivity index (χ1n) is 7.43. The summed E-state index contributed by atoms with van der Waals surface area (Å²) in [6, 6.07) is 0. The summed E-state index contributed by atoms with van der Waals surface area (Å²) in [5, 5.41) is 0. The third-order valence-electron chi connectivity index (χ3n) is 4.56. The maximum Gasteiger partial charge on any atom is -0.0325 e. The molecule has 0 rings (SSSR count). The first-order chi connectivity index (χ1) is 7.82. The molecule has 0 aromatic rings. The molecule has 0 N–H and O–H groups in total. The quantitative estimate of drug-likeness (QED) is 0.450. The van der Waals surface area contributed by atoms with Crippen molar-refractivity contribution in [3.8, 4) is 0 Å². The van der Waals surface area contributed by atoms with Crippen LogP contribution in [0.4, 0.5) is 0 Å². The Morgan fingerprint density at radius 3 is 2.12 bits per heavy atom. The summed E-state index contributed by atoms with van der Waals surface area (Å²) in [7, 11) is 0. The summed E-state index contributed by atoms with van der Waals surface area (Å²) in [5.41, 5.74) is 0.467. The molecule has 0 aromatic carbocycles. The van der Waals surface area contributed by atoms with Crippen molar-refractivity contribution in [3.05, 3.63) is 12.7 Å². The summed E-state index contributed by atoms with van der Waals surface area (Å²) >= 11 is 0. The molecule has 3 atom stereocenters. The van der Waals surface area contributed by atoms with Crippen LogP contribution in [0.1, 0.15) is 73.6 Å². The molecule has 0 amide bonds. The Kier molecular flexibility index (Phi) is 7.83. The van der Waals surface area contributed by atoms with Gasteiger partial charge in [0, 0.05) is 0 Å². The molecule has 0 aromatic heterocycles. The van der Waals surface area contributed by atoms with Crippen molar-refractivity contribution < 1.29 is 0 Å². The van der Waals surface area contributed by atoms with Gasteiger partial charge in [-0.2, -0.15) is 0 Å². The smallest absolute Gasteiger partial charge is 0.0325 e. The number of hydrogen-bond acceptors (Lipinski definition) is 0. The van der Waals surface area contributed by atoms with Crippen molar-refractivity contribution in [2.45, 2.75) is 73.6 Å². The minimum absolute atomic E-state index is 0.467. The zero-order valence-electron chi connectivity index (χ0n) is 13.1. The SMILES string of the molecule is C=CCC(C)C(CC)CCCC(C)C(C)(C)C. The van der Waals surface area contributed by atoms with E-state index < -0.39 is 0 Å². The minimum atomic E-state index is 0.467. The van der Waals surface area contributed by atoms with Crippen LogP contribution in [-0.4, -0.2) is 0 Å². The van der Waals surface area contributed by atoms with Gasteiger partial charge in [0.15, 0.2) is 0 Å². The fraction of sp³-hybridized carbons (Fsp3) is 0.882. The van der Waals surface area contributed by atoms with Gasteiger partial charge in [-0.3, -0.25) is 0 Å². The van der Waals surface area contributed by atoms with Crippen molar-refractivity contribution in [2.24, 2.45) is 23.2 Å². The van der Waals surface area contributed by atoms with Crippen LogP contribution in [0.25, 0.3) is 0 Å². The van der Waals surface area contributed by atoms with Gasteiger partial charge in [-0.15, -0.1) is 6.58 Å². The van der Waals surface area contributed by atoms with Crippen molar-refractivity contribution in [3.63, 3.8) is 0 Å². The molecule has 0 radical (unpaired) electrons. The lowest BCUT2D eigenvalue weighted by molar-refractivity contribution is 0.228. The van der Waals surface area contributed by atoms with Crippen LogP contribution in [0.15, 0.2) is 12.7 Å². The molecule has 0 heterocycles. The van der Waals surface area contributed by atoms with Gasteiger partial charge in [0.25, 0.3) is 0 Å². The van der Waals surface area contributed by atoms with Gasteiger partial charge in [-0.1, -0.05) is 73.3 Å². The molecule has 0 aliphatic carbocycles. The second kappa shape index (κ2) is 7.95. The molecule has 102 valence electrons. The van der Waals surface area contributed by atoms with Gasteiger partial charge in [-0.05, 0) is 29.6 Å². The lowest BCUT2D eigenvalue weighted by Gasteiger charge is -2.28. The Labute approximate surface area is 110 Å². The van der Waals surface area contributed by atoms with Crippen LogP contribution in [0.5, 0.6) is 0 Å². The second-order valence-corrected chi connectivity index (χ2v) is 6.87. The largest absolute Gasteiger partial charge is 0.103 e. The van der Waals surface area contributed by atoms with Crippen LogP contribution in [0, 0.1) is 23.2 Å². The maximum absolute atomic E-state index is 3.86. The van der Waals surface area contributed by atoms with Crippen LogP contribution < -0.4 is 0 Å². The molecule has 0 saturated carbocycles. The van der Waals surface area contributed by atoms with Crippen molar-refractivity contribution in [2.75, 3.05) is 0 Å². The average Bonchev–Trinajstić information content (AvgIpc) is 2.22. The van der Waals surface area contributed by atoms with E-state index in [9.17, 15) is 0 Å². The number of allylic oxidation sites excluding steroid dienone is 1. The monoisotopic (exact) mass is 238 g/mol. The summed E-state index contributed by atoms with van der Waals surface area (Å²) in [6.07, 6.45) is 8.72. The van der Waals surface area contributed by atoms with Gasteiger partial charge in [0.05, 0.1) is 0 Å². The molecule has 3 unspecified atom stereocenters. The fourth-order valence-corrected chi connectivity index (χ4v) is 2.47. The molecule has 0 nitrogen and oxygen atoms in total. The zero-order chi connectivity index (χ0) is 13.5. The molecule has 0 spiro atoms. The Balaban J connectivity index is 3.96. The van der Waals surface area contributed by atoms with Crippen LogP contribution in [0.2, 0.25) is 0 Å². The standard InChI is InChI=1S/C17H34/c1-8-11-14(3)16(9-2)13-10-12-15(4)17(5,6)7/h8,14-16H,1,9-13H2,2-7H3. The highest BCUT2D eigenvalue weighted by atomic mass is 14.3. The van der Waals surface area contributed by atoms with E-state index in [1.54, 1.807) is 0 Å². The average molecular weight is 238 g/mol. The van der Waals surface area contributed by atoms with Gasteiger partial charge in [0.1, 0.15) is 0 Å². The lowest BCUT2D eigenvalue weighted by Crippen LogP contribution is -2.18. The van der Waals surface area contributed by atoms with Gasteiger partial charge in [0.2, 0.25) is 0 Å². The summed E-state index contributed by atoms with van der Waals surface area (Å²) < 4.78 is 0. The summed E-state index contributed by atoms with van der Waals surface area (Å²) in [4.78, 5) is 0. The molecule has 0 heteroatoms. The van der Waals surface area contributed by atoms with E-state index in [2.05, 4.69) is 54.2 Å². The molecular formula is C17H34. The van der Waals surface area contributed by atoms with Gasteiger partial charge in [-0.25, -0.2) is 0 Å². The normalized spacial score (nSPS) is 17.5. The van der Waals surface area contributed by atoms with Crippen LogP contribution in [-0.2, 0) is 0 Å². The van der Waals surface area contributed by atoms with Gasteiger partial charge >= 0.3 is 0 Å². The minimum Gasteiger partial charge on any atom is -0.103 e. The number of hydrogen-bond donors (Lipinski definition) is 0. The maximum atomic E-state index is 3.86. The molecule has 17 heavy (non-hydrogen) atoms. The van der Waals surface area contributed by atoms with Crippen LogP contribution in [0.3, 0.4) is 0 Å². The predicted molar refractivity (Wildman–Crippen MR) is 80.2 cm³/mol. The van der Waals surface area contributed by atoms with E-state index in [1.807, 2.05) is 0 Å². The van der Waals surface area contributed by atoms with Crippen molar-refractivity contribution in [1.82, 2.24) is 0 Å².